The zero-order valence-electron chi connectivity index (χ0n) is 11.2. The minimum atomic E-state index is 0.398. The fraction of sp³-hybridized carbons (Fsp3) is 0.294. The Morgan fingerprint density at radius 1 is 1.05 bits per heavy atom. The zero-order valence-corrected chi connectivity index (χ0v) is 11.2. The minimum Gasteiger partial charge on any atom is -0.492 e. The van der Waals surface area contributed by atoms with E-state index in [2.05, 4.69) is 42.6 Å². The van der Waals surface area contributed by atoms with Crippen LogP contribution in [0.5, 0.6) is 5.75 Å². The van der Waals surface area contributed by atoms with Crippen molar-refractivity contribution in [2.45, 2.75) is 25.9 Å². The van der Waals surface area contributed by atoms with Crippen LogP contribution in [0.1, 0.15) is 16.7 Å². The van der Waals surface area contributed by atoms with Gasteiger partial charge in [-0.15, -0.1) is 0 Å². The van der Waals surface area contributed by atoms with E-state index in [9.17, 15) is 0 Å². The van der Waals surface area contributed by atoms with Crippen LogP contribution in [0.15, 0.2) is 48.5 Å². The monoisotopic (exact) mass is 253 g/mol. The summed E-state index contributed by atoms with van der Waals surface area (Å²) in [6.45, 7) is 3.75. The summed E-state index contributed by atoms with van der Waals surface area (Å²) in [7, 11) is 0. The normalized spacial score (nSPS) is 17.8. The van der Waals surface area contributed by atoms with Gasteiger partial charge < -0.3 is 10.1 Å². The molecule has 0 saturated heterocycles. The molecule has 98 valence electrons. The van der Waals surface area contributed by atoms with Crippen molar-refractivity contribution in [3.05, 3.63) is 65.2 Å². The Hall–Kier alpha value is -1.80. The quantitative estimate of drug-likeness (QED) is 0.907. The van der Waals surface area contributed by atoms with Crippen molar-refractivity contribution in [1.82, 2.24) is 5.32 Å². The third-order valence-electron chi connectivity index (χ3n) is 3.70. The molecule has 0 bridgehead atoms. The number of ether oxygens (including phenoxy) is 1. The number of para-hydroxylation sites is 1. The highest BCUT2D eigenvalue weighted by atomic mass is 16.5. The first-order valence-corrected chi connectivity index (χ1v) is 6.81. The summed E-state index contributed by atoms with van der Waals surface area (Å²) in [5.74, 6) is 0.989. The first kappa shape index (κ1) is 12.2. The SMILES string of the molecule is Cc1ccccc1OCC1Cc2ccccc2CN1. The summed E-state index contributed by atoms with van der Waals surface area (Å²) in [4.78, 5) is 0. The second-order valence-electron chi connectivity index (χ2n) is 5.13. The number of benzene rings is 2. The number of nitrogens with one attached hydrogen (secondary N) is 1. The number of aryl methyl sites for hydroxylation is 1. The van der Waals surface area contributed by atoms with E-state index in [0.717, 1.165) is 25.3 Å². The fourth-order valence-corrected chi connectivity index (χ4v) is 2.55. The van der Waals surface area contributed by atoms with Crippen molar-refractivity contribution in [3.8, 4) is 5.75 Å². The molecule has 1 atom stereocenters. The molecule has 2 heteroatoms. The molecule has 1 heterocycles. The Balaban J connectivity index is 1.62. The molecule has 19 heavy (non-hydrogen) atoms. The molecule has 0 aromatic heterocycles. The van der Waals surface area contributed by atoms with Crippen LogP contribution in [0.3, 0.4) is 0 Å². The van der Waals surface area contributed by atoms with Gasteiger partial charge in [0, 0.05) is 12.6 Å². The van der Waals surface area contributed by atoms with E-state index in [1.807, 2.05) is 18.2 Å². The van der Waals surface area contributed by atoms with Crippen LogP contribution >= 0.6 is 0 Å². The van der Waals surface area contributed by atoms with E-state index >= 15 is 0 Å². The van der Waals surface area contributed by atoms with E-state index in [1.165, 1.54) is 16.7 Å². The van der Waals surface area contributed by atoms with Gasteiger partial charge in [-0.1, -0.05) is 42.5 Å². The van der Waals surface area contributed by atoms with E-state index in [4.69, 9.17) is 4.74 Å². The Bertz CT molecular complexity index is 565. The first-order chi connectivity index (χ1) is 9.33. The maximum Gasteiger partial charge on any atom is 0.122 e. The van der Waals surface area contributed by atoms with E-state index in [-0.39, 0.29) is 0 Å². The van der Waals surface area contributed by atoms with Crippen LogP contribution < -0.4 is 10.1 Å². The highest BCUT2D eigenvalue weighted by Gasteiger charge is 2.17. The van der Waals surface area contributed by atoms with Crippen LogP contribution in [0.2, 0.25) is 0 Å². The number of hydrogen-bond donors (Lipinski definition) is 1. The number of fused-ring (bicyclic) bond motifs is 1. The third-order valence-corrected chi connectivity index (χ3v) is 3.70. The highest BCUT2D eigenvalue weighted by Crippen LogP contribution is 2.19. The average molecular weight is 253 g/mol. The van der Waals surface area contributed by atoms with Crippen molar-refractivity contribution >= 4 is 0 Å². The average Bonchev–Trinajstić information content (AvgIpc) is 2.46. The molecule has 0 radical (unpaired) electrons. The van der Waals surface area contributed by atoms with E-state index in [0.29, 0.717) is 6.04 Å². The summed E-state index contributed by atoms with van der Waals surface area (Å²) in [6.07, 6.45) is 1.04. The molecule has 1 aliphatic rings. The Kier molecular flexibility index (Phi) is 3.51. The van der Waals surface area contributed by atoms with E-state index < -0.39 is 0 Å². The predicted molar refractivity (Wildman–Crippen MR) is 77.4 cm³/mol. The predicted octanol–water partition coefficient (Wildman–Crippen LogP) is 3.09. The Morgan fingerprint density at radius 3 is 2.63 bits per heavy atom. The van der Waals surface area contributed by atoms with Gasteiger partial charge in [0.2, 0.25) is 0 Å². The van der Waals surface area contributed by atoms with Gasteiger partial charge in [-0.3, -0.25) is 0 Å². The summed E-state index contributed by atoms with van der Waals surface area (Å²) in [5, 5.41) is 3.54. The largest absolute Gasteiger partial charge is 0.492 e. The smallest absolute Gasteiger partial charge is 0.122 e. The molecule has 1 aliphatic heterocycles. The van der Waals surface area contributed by atoms with Gasteiger partial charge in [0.05, 0.1) is 0 Å². The molecule has 2 nitrogen and oxygen atoms in total. The van der Waals surface area contributed by atoms with Gasteiger partial charge >= 0.3 is 0 Å². The summed E-state index contributed by atoms with van der Waals surface area (Å²) < 4.78 is 5.93. The van der Waals surface area contributed by atoms with Crippen molar-refractivity contribution in [2.75, 3.05) is 6.61 Å². The topological polar surface area (TPSA) is 21.3 Å². The number of rotatable bonds is 3. The summed E-state index contributed by atoms with van der Waals surface area (Å²) in [5.41, 5.74) is 4.05. The lowest BCUT2D eigenvalue weighted by atomic mass is 9.96. The molecule has 2 aromatic rings. The second kappa shape index (κ2) is 5.45. The van der Waals surface area contributed by atoms with Crippen LogP contribution in [-0.4, -0.2) is 12.6 Å². The van der Waals surface area contributed by atoms with E-state index in [1.54, 1.807) is 0 Å². The lowest BCUT2D eigenvalue weighted by Crippen LogP contribution is -2.39. The molecule has 1 N–H and O–H groups in total. The van der Waals surface area contributed by atoms with Gasteiger partial charge in [-0.2, -0.15) is 0 Å². The maximum atomic E-state index is 5.93. The van der Waals surface area contributed by atoms with Gasteiger partial charge in [-0.05, 0) is 36.1 Å². The van der Waals surface area contributed by atoms with Gasteiger partial charge in [0.15, 0.2) is 0 Å². The van der Waals surface area contributed by atoms with Crippen LogP contribution in [0, 0.1) is 6.92 Å². The lowest BCUT2D eigenvalue weighted by molar-refractivity contribution is 0.255. The summed E-state index contributed by atoms with van der Waals surface area (Å²) in [6, 6.07) is 17.2. The molecule has 0 aliphatic carbocycles. The molecule has 3 rings (SSSR count). The molecule has 0 spiro atoms. The second-order valence-corrected chi connectivity index (χ2v) is 5.13. The highest BCUT2D eigenvalue weighted by molar-refractivity contribution is 5.32. The van der Waals surface area contributed by atoms with Gasteiger partial charge in [0.1, 0.15) is 12.4 Å². The zero-order chi connectivity index (χ0) is 13.1. The third kappa shape index (κ3) is 2.79. The molecule has 0 fully saturated rings. The number of hydrogen-bond acceptors (Lipinski definition) is 2. The van der Waals surface area contributed by atoms with Crippen LogP contribution in [0.25, 0.3) is 0 Å². The Morgan fingerprint density at radius 2 is 1.79 bits per heavy atom. The van der Waals surface area contributed by atoms with Crippen LogP contribution in [-0.2, 0) is 13.0 Å². The van der Waals surface area contributed by atoms with Crippen LogP contribution in [0.4, 0.5) is 0 Å². The molecule has 1 unspecified atom stereocenters. The van der Waals surface area contributed by atoms with Crippen molar-refractivity contribution in [2.24, 2.45) is 0 Å². The standard InChI is InChI=1S/C17H19NO/c1-13-6-2-5-9-17(13)19-12-16-10-14-7-3-4-8-15(14)11-18-16/h2-9,16,18H,10-12H2,1H3. The molecule has 2 aromatic carbocycles. The molecular weight excluding hydrogens is 234 g/mol. The van der Waals surface area contributed by atoms with Gasteiger partial charge in [-0.25, -0.2) is 0 Å². The fourth-order valence-electron chi connectivity index (χ4n) is 2.55. The lowest BCUT2D eigenvalue weighted by Gasteiger charge is -2.26. The molecule has 0 saturated carbocycles. The van der Waals surface area contributed by atoms with Crippen molar-refractivity contribution in [1.29, 1.82) is 0 Å². The minimum absolute atomic E-state index is 0.398. The molecule has 0 amide bonds. The van der Waals surface area contributed by atoms with Crippen molar-refractivity contribution in [3.63, 3.8) is 0 Å². The first-order valence-electron chi connectivity index (χ1n) is 6.81. The molecular formula is C17H19NO. The van der Waals surface area contributed by atoms with Gasteiger partial charge in [0.25, 0.3) is 0 Å². The summed E-state index contributed by atoms with van der Waals surface area (Å²) >= 11 is 0. The Labute approximate surface area is 114 Å². The van der Waals surface area contributed by atoms with Crippen molar-refractivity contribution < 1.29 is 4.74 Å². The maximum absolute atomic E-state index is 5.93.